The molecule has 418 valence electrons. The molecule has 16 aromatic rings. The van der Waals surface area contributed by atoms with E-state index >= 15 is 0 Å². The van der Waals surface area contributed by atoms with Gasteiger partial charge in [0, 0.05) is 88.4 Å². The van der Waals surface area contributed by atoms with E-state index in [9.17, 15) is 0 Å². The SMILES string of the molecule is C1=C(c2ccccc2)c2oc3ccccc3c2CC1N(c1ccccc1)c1ccc2c(c1)C1(c3ccccc3Oc3cc(N(c4ccccc4)c4cc(-c5cccc6cc7c(cc56)sc5ccccc57)cc5oc6ccccc6c45)ccc31)c1ccccc1-2. The van der Waals surface area contributed by atoms with Crippen molar-refractivity contribution in [2.75, 3.05) is 9.80 Å². The Morgan fingerprint density at radius 1 is 0.382 bits per heavy atom. The van der Waals surface area contributed by atoms with Gasteiger partial charge in [-0.2, -0.15) is 0 Å². The van der Waals surface area contributed by atoms with Gasteiger partial charge in [0.05, 0.1) is 22.5 Å². The standard InChI is InChI=1S/C83H52N2O3S/c1-4-21-51(22-5-1)66-46-58(47-68-62-29-11-16-35-74(62)88-82(66)68)84(54-24-6-2-7-25-54)56-39-41-61-60-28-10-14-33-69(60)83(72(61)48-56)70-34-15-18-37-76(70)87-77-49-57(40-42-71(77)83)85(55-26-8-3-9-27-55)73-44-53(45-78-81(73)64-31-12-17-36-75(64)86-78)59-32-20-23-52-43-67-63-30-13-19-38-79(63)89-80(67)50-65(52)59/h1-46,48-50,58H,47H2. The first-order chi connectivity index (χ1) is 44.1. The van der Waals surface area contributed by atoms with Gasteiger partial charge in [-0.25, -0.2) is 0 Å². The normalized spacial score (nSPS) is 15.5. The van der Waals surface area contributed by atoms with Crippen molar-refractivity contribution in [3.8, 4) is 33.8 Å². The van der Waals surface area contributed by atoms with Crippen LogP contribution in [0.1, 0.15) is 39.1 Å². The van der Waals surface area contributed by atoms with Gasteiger partial charge in [-0.05, 0) is 147 Å². The molecule has 0 fully saturated rings. The largest absolute Gasteiger partial charge is 0.457 e. The van der Waals surface area contributed by atoms with Crippen LogP contribution in [0, 0.1) is 0 Å². The number of furan rings is 2. The highest BCUT2D eigenvalue weighted by atomic mass is 32.1. The predicted molar refractivity (Wildman–Crippen MR) is 367 cm³/mol. The van der Waals surface area contributed by atoms with E-state index in [-0.39, 0.29) is 6.04 Å². The number of hydrogen-bond donors (Lipinski definition) is 0. The van der Waals surface area contributed by atoms with E-state index in [0.717, 1.165) is 118 Å². The number of thiophene rings is 1. The molecule has 0 N–H and O–H groups in total. The van der Waals surface area contributed by atoms with Crippen molar-refractivity contribution < 1.29 is 13.6 Å². The highest BCUT2D eigenvalue weighted by Crippen LogP contribution is 2.64. The number of benzene rings is 13. The van der Waals surface area contributed by atoms with Crippen LogP contribution in [-0.2, 0) is 11.8 Å². The van der Waals surface area contributed by atoms with Crippen molar-refractivity contribution in [1.82, 2.24) is 0 Å². The number of hydrogen-bond acceptors (Lipinski definition) is 6. The van der Waals surface area contributed by atoms with Crippen molar-refractivity contribution in [2.24, 2.45) is 0 Å². The zero-order valence-electron chi connectivity index (χ0n) is 48.1. The number of fused-ring (bicyclic) bond motifs is 19. The third kappa shape index (κ3) is 7.48. The molecule has 6 heteroatoms. The summed E-state index contributed by atoms with van der Waals surface area (Å²) in [5.41, 5.74) is 19.7. The summed E-state index contributed by atoms with van der Waals surface area (Å²) in [5, 5.41) is 8.22. The first-order valence-corrected chi connectivity index (χ1v) is 31.4. The average Bonchev–Trinajstić information content (AvgIpc) is 1.59. The number of rotatable bonds is 8. The minimum atomic E-state index is -0.766. The third-order valence-corrected chi connectivity index (χ3v) is 20.1. The summed E-state index contributed by atoms with van der Waals surface area (Å²) in [7, 11) is 0. The molecule has 19 rings (SSSR count). The lowest BCUT2D eigenvalue weighted by Gasteiger charge is -2.41. The fraction of sp³-hybridized carbons (Fsp3) is 0.0361. The van der Waals surface area contributed by atoms with Gasteiger partial charge in [0.25, 0.3) is 0 Å². The van der Waals surface area contributed by atoms with E-state index in [1.54, 1.807) is 0 Å². The van der Waals surface area contributed by atoms with Gasteiger partial charge in [0.1, 0.15) is 34.0 Å². The van der Waals surface area contributed by atoms with E-state index in [1.165, 1.54) is 58.8 Å². The minimum Gasteiger partial charge on any atom is -0.457 e. The summed E-state index contributed by atoms with van der Waals surface area (Å²) in [6.45, 7) is 0. The van der Waals surface area contributed by atoms with Gasteiger partial charge < -0.3 is 23.4 Å². The summed E-state index contributed by atoms with van der Waals surface area (Å²) >= 11 is 1.85. The summed E-state index contributed by atoms with van der Waals surface area (Å²) < 4.78 is 23.7. The molecule has 89 heavy (non-hydrogen) atoms. The molecular formula is C83H52N2O3S. The van der Waals surface area contributed by atoms with Gasteiger partial charge in [-0.1, -0.05) is 194 Å². The Morgan fingerprint density at radius 3 is 1.89 bits per heavy atom. The number of ether oxygens (including phenoxy) is 1. The van der Waals surface area contributed by atoms with Crippen LogP contribution in [0.2, 0.25) is 0 Å². The van der Waals surface area contributed by atoms with Crippen molar-refractivity contribution in [3.63, 3.8) is 0 Å². The molecule has 2 atom stereocenters. The molecule has 1 spiro atoms. The molecule has 0 saturated carbocycles. The molecule has 3 aromatic heterocycles. The molecule has 3 aliphatic rings. The van der Waals surface area contributed by atoms with E-state index in [0.29, 0.717) is 0 Å². The highest BCUT2D eigenvalue weighted by molar-refractivity contribution is 7.25. The van der Waals surface area contributed by atoms with Gasteiger partial charge in [-0.15, -0.1) is 11.3 Å². The summed E-state index contributed by atoms with van der Waals surface area (Å²) in [6.07, 6.45) is 3.19. The second-order valence-corrected chi connectivity index (χ2v) is 24.8. The molecule has 5 nitrogen and oxygen atoms in total. The van der Waals surface area contributed by atoms with Gasteiger partial charge >= 0.3 is 0 Å². The van der Waals surface area contributed by atoms with Gasteiger partial charge in [0.15, 0.2) is 0 Å². The molecule has 0 bridgehead atoms. The van der Waals surface area contributed by atoms with Crippen LogP contribution in [-0.4, -0.2) is 6.04 Å². The average molecular weight is 1160 g/mol. The Bertz CT molecular complexity index is 5600. The Kier molecular flexibility index (Phi) is 10.9. The second kappa shape index (κ2) is 19.4. The van der Waals surface area contributed by atoms with Crippen LogP contribution < -0.4 is 14.5 Å². The zero-order valence-corrected chi connectivity index (χ0v) is 48.9. The first kappa shape index (κ1) is 50.0. The van der Waals surface area contributed by atoms with Gasteiger partial charge in [-0.3, -0.25) is 0 Å². The number of anilines is 5. The van der Waals surface area contributed by atoms with Crippen molar-refractivity contribution in [3.05, 3.63) is 336 Å². The van der Waals surface area contributed by atoms with Crippen LogP contribution in [0.25, 0.3) is 91.7 Å². The summed E-state index contributed by atoms with van der Waals surface area (Å²) in [6, 6.07) is 106. The Labute approximate surface area is 517 Å². The molecule has 4 heterocycles. The fourth-order valence-electron chi connectivity index (χ4n) is 15.3. The van der Waals surface area contributed by atoms with Crippen molar-refractivity contribution in [2.45, 2.75) is 17.9 Å². The Balaban J connectivity index is 0.817. The van der Waals surface area contributed by atoms with E-state index < -0.39 is 5.41 Å². The minimum absolute atomic E-state index is 0.0739. The number of para-hydroxylation sites is 5. The molecular weight excluding hydrogens is 1100 g/mol. The summed E-state index contributed by atoms with van der Waals surface area (Å²) in [4.78, 5) is 4.96. The van der Waals surface area contributed by atoms with E-state index in [4.69, 9.17) is 13.6 Å². The molecule has 0 saturated heterocycles. The second-order valence-electron chi connectivity index (χ2n) is 23.7. The van der Waals surface area contributed by atoms with E-state index in [1.807, 2.05) is 11.3 Å². The highest BCUT2D eigenvalue weighted by Gasteiger charge is 2.51. The Morgan fingerprint density at radius 2 is 1.04 bits per heavy atom. The summed E-state index contributed by atoms with van der Waals surface area (Å²) in [5.74, 6) is 2.56. The number of nitrogens with zero attached hydrogens (tertiary/aromatic N) is 2. The quantitative estimate of drug-likeness (QED) is 0.152. The first-order valence-electron chi connectivity index (χ1n) is 30.5. The third-order valence-electron chi connectivity index (χ3n) is 19.0. The molecule has 1 aliphatic heterocycles. The van der Waals surface area contributed by atoms with Crippen LogP contribution >= 0.6 is 11.3 Å². The van der Waals surface area contributed by atoms with Crippen LogP contribution in [0.15, 0.2) is 306 Å². The van der Waals surface area contributed by atoms with Gasteiger partial charge in [0.2, 0.25) is 0 Å². The fourth-order valence-corrected chi connectivity index (χ4v) is 16.4. The molecule has 2 unspecified atom stereocenters. The molecule has 2 aliphatic carbocycles. The van der Waals surface area contributed by atoms with Crippen molar-refractivity contribution in [1.29, 1.82) is 0 Å². The maximum atomic E-state index is 7.38. The lowest BCUT2D eigenvalue weighted by molar-refractivity contribution is 0.436. The topological polar surface area (TPSA) is 42.0 Å². The predicted octanol–water partition coefficient (Wildman–Crippen LogP) is 22.7. The van der Waals surface area contributed by atoms with E-state index in [2.05, 4.69) is 307 Å². The monoisotopic (exact) mass is 1160 g/mol. The lowest BCUT2D eigenvalue weighted by atomic mass is 9.66. The molecule has 0 radical (unpaired) electrons. The Hall–Kier alpha value is -11.2. The molecule has 13 aromatic carbocycles. The zero-order chi connectivity index (χ0) is 58.3. The molecule has 0 amide bonds. The van der Waals surface area contributed by atoms with Crippen LogP contribution in [0.5, 0.6) is 11.5 Å². The van der Waals surface area contributed by atoms with Crippen molar-refractivity contribution >= 4 is 109 Å². The smallest absolute Gasteiger partial charge is 0.139 e. The lowest BCUT2D eigenvalue weighted by Crippen LogP contribution is -2.35. The van der Waals surface area contributed by atoms with Crippen LogP contribution in [0.4, 0.5) is 28.4 Å². The van der Waals surface area contributed by atoms with Crippen LogP contribution in [0.3, 0.4) is 0 Å². The maximum absolute atomic E-state index is 7.38. The maximum Gasteiger partial charge on any atom is 0.139 e.